The average Bonchev–Trinajstić information content (AvgIpc) is 1.99. The summed E-state index contributed by atoms with van der Waals surface area (Å²) in [5.74, 6) is -1.37. The van der Waals surface area contributed by atoms with Gasteiger partial charge >= 0.3 is 5.69 Å². The molecule has 0 fully saturated rings. The lowest BCUT2D eigenvalue weighted by Gasteiger charge is -2.05. The quantitative estimate of drug-likeness (QED) is 0.497. The lowest BCUT2D eigenvalue weighted by molar-refractivity contribution is -0.385. The summed E-state index contributed by atoms with van der Waals surface area (Å²) >= 11 is 11.1. The van der Waals surface area contributed by atoms with Gasteiger partial charge in [-0.2, -0.15) is 0 Å². The minimum Gasteiger partial charge on any atom is -0.502 e. The molecule has 80 valence electrons. The normalized spacial score (nSPS) is 10.1. The first-order valence-corrected chi connectivity index (χ1v) is 4.48. The van der Waals surface area contributed by atoms with Crippen LogP contribution in [0.4, 0.5) is 5.69 Å². The minimum atomic E-state index is -0.875. The molecule has 0 aliphatic heterocycles. The molecule has 0 aliphatic carbocycles. The van der Waals surface area contributed by atoms with Crippen molar-refractivity contribution in [2.45, 2.75) is 6.92 Å². The molecule has 0 atom stereocenters. The zero-order valence-corrected chi connectivity index (χ0v) is 8.96. The Hall–Kier alpha value is -1.33. The molecule has 1 N–H and O–H groups in total. The van der Waals surface area contributed by atoms with Gasteiger partial charge in [-0.3, -0.25) is 14.9 Å². The summed E-state index contributed by atoms with van der Waals surface area (Å²) < 4.78 is 0. The second-order valence-electron chi connectivity index (χ2n) is 2.73. The van der Waals surface area contributed by atoms with Crippen molar-refractivity contribution >= 4 is 34.7 Å². The van der Waals surface area contributed by atoms with Gasteiger partial charge in [0.25, 0.3) is 0 Å². The van der Waals surface area contributed by atoms with Crippen molar-refractivity contribution in [2.24, 2.45) is 0 Å². The Labute approximate surface area is 94.4 Å². The van der Waals surface area contributed by atoms with Crippen molar-refractivity contribution in [3.05, 3.63) is 31.8 Å². The van der Waals surface area contributed by atoms with E-state index in [9.17, 15) is 20.0 Å². The maximum Gasteiger partial charge on any atom is 0.329 e. The summed E-state index contributed by atoms with van der Waals surface area (Å²) in [6.07, 6.45) is 0. The number of aromatic hydroxyl groups is 1. The van der Waals surface area contributed by atoms with Crippen molar-refractivity contribution in [3.63, 3.8) is 0 Å². The molecule has 1 aromatic rings. The molecule has 0 unspecified atom stereocenters. The monoisotopic (exact) mass is 249 g/mol. The van der Waals surface area contributed by atoms with Crippen LogP contribution in [0.5, 0.6) is 5.75 Å². The van der Waals surface area contributed by atoms with Gasteiger partial charge in [0.05, 0.1) is 15.5 Å². The number of nitro groups is 1. The number of ketones is 1. The molecule has 5 nitrogen and oxygen atoms in total. The summed E-state index contributed by atoms with van der Waals surface area (Å²) in [4.78, 5) is 20.7. The van der Waals surface area contributed by atoms with Gasteiger partial charge in [0.2, 0.25) is 5.75 Å². The lowest BCUT2D eigenvalue weighted by Crippen LogP contribution is -1.99. The first-order valence-electron chi connectivity index (χ1n) is 3.72. The summed E-state index contributed by atoms with van der Waals surface area (Å²) in [6.45, 7) is 1.14. The SMILES string of the molecule is CC(=O)c1c(Cl)cc(Cl)c([N+](=O)[O-])c1O. The first kappa shape index (κ1) is 11.7. The van der Waals surface area contributed by atoms with Gasteiger partial charge in [-0.25, -0.2) is 0 Å². The zero-order chi connectivity index (χ0) is 11.7. The summed E-state index contributed by atoms with van der Waals surface area (Å²) in [6, 6.07) is 1.05. The Balaban J connectivity index is 3.64. The molecule has 0 aromatic heterocycles. The molecule has 1 rings (SSSR count). The number of nitrogens with zero attached hydrogens (tertiary/aromatic N) is 1. The van der Waals surface area contributed by atoms with Gasteiger partial charge < -0.3 is 5.11 Å². The molecule has 0 saturated heterocycles. The molecule has 0 saturated carbocycles. The third-order valence-electron chi connectivity index (χ3n) is 1.71. The lowest BCUT2D eigenvalue weighted by atomic mass is 10.1. The van der Waals surface area contributed by atoms with Crippen LogP contribution in [0, 0.1) is 10.1 Å². The van der Waals surface area contributed by atoms with E-state index in [1.807, 2.05) is 0 Å². The fourth-order valence-corrected chi connectivity index (χ4v) is 1.76. The highest BCUT2D eigenvalue weighted by atomic mass is 35.5. The molecular weight excluding hydrogens is 245 g/mol. The number of nitro benzene ring substituents is 1. The number of hydrogen-bond acceptors (Lipinski definition) is 4. The molecule has 0 bridgehead atoms. The number of Topliss-reactive ketones (excluding diaryl/α,β-unsaturated/α-hetero) is 1. The Morgan fingerprint density at radius 1 is 1.47 bits per heavy atom. The smallest absolute Gasteiger partial charge is 0.329 e. The zero-order valence-electron chi connectivity index (χ0n) is 7.45. The van der Waals surface area contributed by atoms with Crippen LogP contribution in [-0.4, -0.2) is 15.8 Å². The molecule has 0 heterocycles. The van der Waals surface area contributed by atoms with E-state index in [0.717, 1.165) is 13.0 Å². The van der Waals surface area contributed by atoms with Gasteiger partial charge in [0, 0.05) is 0 Å². The number of hydrogen-bond donors (Lipinski definition) is 1. The van der Waals surface area contributed by atoms with Crippen LogP contribution in [0.3, 0.4) is 0 Å². The van der Waals surface area contributed by atoms with Crippen LogP contribution < -0.4 is 0 Å². The number of halogens is 2. The Bertz CT molecular complexity index is 420. The van der Waals surface area contributed by atoms with Crippen LogP contribution in [0.25, 0.3) is 0 Å². The Morgan fingerprint density at radius 3 is 2.40 bits per heavy atom. The number of carbonyl (C=O) groups excluding carboxylic acids is 1. The summed E-state index contributed by atoms with van der Waals surface area (Å²) in [5.41, 5.74) is -1.01. The molecule has 0 radical (unpaired) electrons. The average molecular weight is 250 g/mol. The molecule has 0 spiro atoms. The Kier molecular flexibility index (Phi) is 3.16. The molecular formula is C8H5Cl2NO4. The minimum absolute atomic E-state index is 0.115. The Morgan fingerprint density at radius 2 is 2.00 bits per heavy atom. The third kappa shape index (κ3) is 2.03. The second-order valence-corrected chi connectivity index (χ2v) is 3.54. The summed E-state index contributed by atoms with van der Waals surface area (Å²) in [7, 11) is 0. The number of benzene rings is 1. The van der Waals surface area contributed by atoms with Crippen molar-refractivity contribution in [3.8, 4) is 5.75 Å². The van der Waals surface area contributed by atoms with Crippen LogP contribution in [-0.2, 0) is 0 Å². The maximum atomic E-state index is 11.1. The van der Waals surface area contributed by atoms with E-state index in [1.54, 1.807) is 0 Å². The van der Waals surface area contributed by atoms with E-state index in [4.69, 9.17) is 23.2 Å². The summed E-state index contributed by atoms with van der Waals surface area (Å²) in [5, 5.41) is 19.6. The third-order valence-corrected chi connectivity index (χ3v) is 2.30. The highest BCUT2D eigenvalue weighted by molar-refractivity contribution is 6.38. The maximum absolute atomic E-state index is 11.1. The number of phenols is 1. The predicted molar refractivity (Wildman–Crippen MR) is 54.8 cm³/mol. The highest BCUT2D eigenvalue weighted by Crippen LogP contribution is 2.40. The molecule has 0 aliphatic rings. The van der Waals surface area contributed by atoms with Gasteiger partial charge in [-0.05, 0) is 13.0 Å². The predicted octanol–water partition coefficient (Wildman–Crippen LogP) is 2.81. The topological polar surface area (TPSA) is 80.4 Å². The molecule has 1 aromatic carbocycles. The van der Waals surface area contributed by atoms with Crippen molar-refractivity contribution < 1.29 is 14.8 Å². The van der Waals surface area contributed by atoms with E-state index in [1.165, 1.54) is 0 Å². The standard InChI is InChI=1S/C8H5Cl2NO4/c1-3(12)6-4(9)2-5(10)7(8(6)13)11(14)15/h2,13H,1H3. The van der Waals surface area contributed by atoms with Gasteiger partial charge in [0.1, 0.15) is 5.02 Å². The molecule has 0 amide bonds. The van der Waals surface area contributed by atoms with E-state index < -0.39 is 22.1 Å². The number of carbonyl (C=O) groups is 1. The van der Waals surface area contributed by atoms with E-state index in [0.29, 0.717) is 0 Å². The van der Waals surface area contributed by atoms with Gasteiger partial charge in [0.15, 0.2) is 5.78 Å². The van der Waals surface area contributed by atoms with Crippen molar-refractivity contribution in [2.75, 3.05) is 0 Å². The number of phenolic OH excluding ortho intramolecular Hbond substituents is 1. The van der Waals surface area contributed by atoms with E-state index in [-0.39, 0.29) is 15.6 Å². The largest absolute Gasteiger partial charge is 0.502 e. The van der Waals surface area contributed by atoms with Crippen LogP contribution in [0.15, 0.2) is 6.07 Å². The molecule has 7 heteroatoms. The fraction of sp³-hybridized carbons (Fsp3) is 0.125. The van der Waals surface area contributed by atoms with Gasteiger partial charge in [-0.15, -0.1) is 0 Å². The van der Waals surface area contributed by atoms with E-state index in [2.05, 4.69) is 0 Å². The molecule has 15 heavy (non-hydrogen) atoms. The first-order chi connectivity index (χ1) is 6.86. The second kappa shape index (κ2) is 4.04. The highest BCUT2D eigenvalue weighted by Gasteiger charge is 2.26. The number of rotatable bonds is 2. The fourth-order valence-electron chi connectivity index (χ4n) is 1.10. The van der Waals surface area contributed by atoms with Crippen LogP contribution >= 0.6 is 23.2 Å². The van der Waals surface area contributed by atoms with Crippen molar-refractivity contribution in [1.82, 2.24) is 0 Å². The van der Waals surface area contributed by atoms with Crippen LogP contribution in [0.1, 0.15) is 17.3 Å². The van der Waals surface area contributed by atoms with Gasteiger partial charge in [-0.1, -0.05) is 23.2 Å². The van der Waals surface area contributed by atoms with Crippen LogP contribution in [0.2, 0.25) is 10.0 Å². The van der Waals surface area contributed by atoms with E-state index >= 15 is 0 Å². The van der Waals surface area contributed by atoms with Crippen molar-refractivity contribution in [1.29, 1.82) is 0 Å².